The molecule has 0 radical (unpaired) electrons. The number of amides is 1. The van der Waals surface area contributed by atoms with Gasteiger partial charge < -0.3 is 11.1 Å². The highest BCUT2D eigenvalue weighted by molar-refractivity contribution is 7.91. The standard InChI is InChI=1S/C23H17F4N3O3S/c24-17-7-10-19(11-8-17)34(32,33)14-22(29,16-4-2-1-3-5-16)21(31)30-18-9-6-15(13-28)20(12-18)23(25,26)27/h1-12H,14,29H2,(H,30,31). The number of carbonyl (C=O) groups is 1. The van der Waals surface area contributed by atoms with E-state index in [4.69, 9.17) is 11.0 Å². The van der Waals surface area contributed by atoms with Crippen molar-refractivity contribution < 1.29 is 30.8 Å². The number of carbonyl (C=O) groups excluding carboxylic acids is 1. The number of hydrogen-bond donors (Lipinski definition) is 2. The third-order valence-corrected chi connectivity index (χ3v) is 6.81. The van der Waals surface area contributed by atoms with Crippen molar-refractivity contribution in [2.45, 2.75) is 16.6 Å². The molecule has 0 aliphatic rings. The molecule has 0 heterocycles. The highest BCUT2D eigenvalue weighted by Gasteiger charge is 2.42. The van der Waals surface area contributed by atoms with Crippen LogP contribution in [0.4, 0.5) is 23.2 Å². The van der Waals surface area contributed by atoms with Crippen LogP contribution in [0.2, 0.25) is 0 Å². The Morgan fingerprint density at radius 1 is 1.00 bits per heavy atom. The maximum atomic E-state index is 13.3. The van der Waals surface area contributed by atoms with E-state index in [1.54, 1.807) is 6.07 Å². The van der Waals surface area contributed by atoms with Crippen LogP contribution in [0.5, 0.6) is 0 Å². The fraction of sp³-hybridized carbons (Fsp3) is 0.130. The van der Waals surface area contributed by atoms with E-state index < -0.39 is 50.2 Å². The van der Waals surface area contributed by atoms with Crippen LogP contribution in [0.15, 0.2) is 77.7 Å². The van der Waals surface area contributed by atoms with Gasteiger partial charge in [0.25, 0.3) is 0 Å². The number of nitrogens with zero attached hydrogens (tertiary/aromatic N) is 1. The Bertz CT molecular complexity index is 1350. The van der Waals surface area contributed by atoms with E-state index in [2.05, 4.69) is 5.32 Å². The summed E-state index contributed by atoms with van der Waals surface area (Å²) in [4.78, 5) is 12.9. The lowest BCUT2D eigenvalue weighted by Crippen LogP contribution is -2.53. The van der Waals surface area contributed by atoms with Crippen molar-refractivity contribution in [3.8, 4) is 6.07 Å². The van der Waals surface area contributed by atoms with Gasteiger partial charge in [0, 0.05) is 5.69 Å². The van der Waals surface area contributed by atoms with Crippen LogP contribution in [0, 0.1) is 17.1 Å². The molecule has 0 bridgehead atoms. The number of sulfone groups is 1. The van der Waals surface area contributed by atoms with Gasteiger partial charge in [-0.3, -0.25) is 4.79 Å². The van der Waals surface area contributed by atoms with Gasteiger partial charge in [-0.25, -0.2) is 12.8 Å². The molecule has 6 nitrogen and oxygen atoms in total. The zero-order valence-electron chi connectivity index (χ0n) is 17.3. The zero-order valence-corrected chi connectivity index (χ0v) is 18.1. The molecular weight excluding hydrogens is 474 g/mol. The first kappa shape index (κ1) is 24.9. The SMILES string of the molecule is N#Cc1ccc(NC(=O)C(N)(CS(=O)(=O)c2ccc(F)cc2)c2ccccc2)cc1C(F)(F)F. The lowest BCUT2D eigenvalue weighted by atomic mass is 9.92. The highest BCUT2D eigenvalue weighted by Crippen LogP contribution is 2.34. The molecule has 3 N–H and O–H groups in total. The quantitative estimate of drug-likeness (QED) is 0.400. The van der Waals surface area contributed by atoms with E-state index in [0.29, 0.717) is 6.07 Å². The van der Waals surface area contributed by atoms with Crippen molar-refractivity contribution >= 4 is 21.4 Å². The summed E-state index contributed by atoms with van der Waals surface area (Å²) < 4.78 is 79.1. The number of nitrogens with one attached hydrogen (secondary N) is 1. The summed E-state index contributed by atoms with van der Waals surface area (Å²) in [7, 11) is -4.24. The summed E-state index contributed by atoms with van der Waals surface area (Å²) >= 11 is 0. The average Bonchev–Trinajstić information content (AvgIpc) is 2.79. The van der Waals surface area contributed by atoms with Gasteiger partial charge in [-0.2, -0.15) is 18.4 Å². The van der Waals surface area contributed by atoms with Crippen LogP contribution in [0.1, 0.15) is 16.7 Å². The van der Waals surface area contributed by atoms with Gasteiger partial charge in [0.2, 0.25) is 5.91 Å². The van der Waals surface area contributed by atoms with Gasteiger partial charge in [-0.1, -0.05) is 30.3 Å². The third kappa shape index (κ3) is 5.24. The minimum atomic E-state index is -4.86. The molecule has 3 aromatic rings. The first-order valence-corrected chi connectivity index (χ1v) is 11.3. The molecule has 0 fully saturated rings. The first-order valence-electron chi connectivity index (χ1n) is 9.62. The van der Waals surface area contributed by atoms with E-state index in [9.17, 15) is 30.8 Å². The molecule has 0 saturated carbocycles. The zero-order chi connectivity index (χ0) is 25.1. The molecule has 1 amide bonds. The van der Waals surface area contributed by atoms with Crippen LogP contribution in [-0.2, 0) is 26.3 Å². The van der Waals surface area contributed by atoms with Crippen LogP contribution < -0.4 is 11.1 Å². The normalized spacial score (nSPS) is 13.5. The Morgan fingerprint density at radius 2 is 1.62 bits per heavy atom. The van der Waals surface area contributed by atoms with Gasteiger partial charge in [0.1, 0.15) is 11.4 Å². The monoisotopic (exact) mass is 491 g/mol. The third-order valence-electron chi connectivity index (χ3n) is 4.99. The van der Waals surface area contributed by atoms with Crippen LogP contribution in [-0.4, -0.2) is 20.1 Å². The van der Waals surface area contributed by atoms with Gasteiger partial charge in [-0.05, 0) is 48.0 Å². The van der Waals surface area contributed by atoms with Crippen molar-refractivity contribution in [3.05, 3.63) is 95.3 Å². The Balaban J connectivity index is 2.03. The van der Waals surface area contributed by atoms with Gasteiger partial charge in [0.05, 0.1) is 27.8 Å². The summed E-state index contributed by atoms with van der Waals surface area (Å²) in [6.45, 7) is 0. The molecule has 34 heavy (non-hydrogen) atoms. The van der Waals surface area contributed by atoms with Crippen LogP contribution >= 0.6 is 0 Å². The highest BCUT2D eigenvalue weighted by atomic mass is 32.2. The fourth-order valence-corrected chi connectivity index (χ4v) is 4.85. The topological polar surface area (TPSA) is 113 Å². The smallest absolute Gasteiger partial charge is 0.324 e. The lowest BCUT2D eigenvalue weighted by molar-refractivity contribution is -0.137. The Labute approximate surface area is 192 Å². The maximum Gasteiger partial charge on any atom is 0.417 e. The van der Waals surface area contributed by atoms with Gasteiger partial charge >= 0.3 is 6.18 Å². The fourth-order valence-electron chi connectivity index (χ4n) is 3.24. The second-order valence-electron chi connectivity index (χ2n) is 7.37. The van der Waals surface area contributed by atoms with Gasteiger partial charge in [0.15, 0.2) is 9.84 Å². The maximum absolute atomic E-state index is 13.3. The molecule has 0 aliphatic heterocycles. The molecule has 11 heteroatoms. The van der Waals surface area contributed by atoms with E-state index in [1.165, 1.54) is 30.3 Å². The van der Waals surface area contributed by atoms with Gasteiger partial charge in [-0.15, -0.1) is 0 Å². The van der Waals surface area contributed by atoms with Crippen molar-refractivity contribution in [3.63, 3.8) is 0 Å². The molecule has 3 aromatic carbocycles. The summed E-state index contributed by atoms with van der Waals surface area (Å²) in [6, 6.07) is 15.3. The van der Waals surface area contributed by atoms with Crippen LogP contribution in [0.3, 0.4) is 0 Å². The van der Waals surface area contributed by atoms with Crippen molar-refractivity contribution in [2.24, 2.45) is 5.73 Å². The number of anilines is 1. The number of nitriles is 1. The summed E-state index contributed by atoms with van der Waals surface area (Å²) in [5, 5.41) is 11.2. The van der Waals surface area contributed by atoms with E-state index in [-0.39, 0.29) is 16.1 Å². The predicted octanol–water partition coefficient (Wildman–Crippen LogP) is 3.98. The van der Waals surface area contributed by atoms with E-state index >= 15 is 0 Å². The Kier molecular flexibility index (Phi) is 6.77. The molecule has 1 unspecified atom stereocenters. The number of alkyl halides is 3. The molecule has 0 aliphatic carbocycles. The van der Waals surface area contributed by atoms with Crippen LogP contribution in [0.25, 0.3) is 0 Å². The van der Waals surface area contributed by atoms with E-state index in [0.717, 1.165) is 36.4 Å². The summed E-state index contributed by atoms with van der Waals surface area (Å²) in [5.74, 6) is -2.72. The largest absolute Gasteiger partial charge is 0.417 e. The predicted molar refractivity (Wildman–Crippen MR) is 116 cm³/mol. The first-order chi connectivity index (χ1) is 15.9. The number of nitrogens with two attached hydrogens (primary N) is 1. The minimum absolute atomic E-state index is 0.0860. The molecule has 0 saturated heterocycles. The Morgan fingerprint density at radius 3 is 2.18 bits per heavy atom. The second-order valence-corrected chi connectivity index (χ2v) is 9.36. The van der Waals surface area contributed by atoms with Crippen molar-refractivity contribution in [1.82, 2.24) is 0 Å². The van der Waals surface area contributed by atoms with Crippen molar-refractivity contribution in [1.29, 1.82) is 5.26 Å². The second kappa shape index (κ2) is 9.24. The number of benzene rings is 3. The molecule has 1 atom stereocenters. The van der Waals surface area contributed by atoms with Crippen molar-refractivity contribution in [2.75, 3.05) is 11.1 Å². The van der Waals surface area contributed by atoms with E-state index in [1.807, 2.05) is 0 Å². The lowest BCUT2D eigenvalue weighted by Gasteiger charge is -2.29. The molecule has 0 spiro atoms. The summed E-state index contributed by atoms with van der Waals surface area (Å²) in [6.07, 6.45) is -4.86. The molecular formula is C23H17F4N3O3S. The number of hydrogen-bond acceptors (Lipinski definition) is 5. The number of halogens is 4. The molecule has 0 aromatic heterocycles. The summed E-state index contributed by atoms with van der Waals surface area (Å²) in [5.41, 5.74) is 1.92. The Hall–Kier alpha value is -3.75. The molecule has 176 valence electrons. The minimum Gasteiger partial charge on any atom is -0.324 e. The molecule has 3 rings (SSSR count). The number of rotatable bonds is 6. The average molecular weight is 491 g/mol.